The molecule has 170 valence electrons. The minimum Gasteiger partial charge on any atom is -0.485 e. The van der Waals surface area contributed by atoms with Crippen LogP contribution in [0.25, 0.3) is 16.7 Å². The highest BCUT2D eigenvalue weighted by Crippen LogP contribution is 2.51. The van der Waals surface area contributed by atoms with E-state index in [1.807, 2.05) is 6.07 Å². The van der Waals surface area contributed by atoms with E-state index in [2.05, 4.69) is 122 Å². The van der Waals surface area contributed by atoms with Crippen LogP contribution in [0.4, 0.5) is 11.4 Å². The first kappa shape index (κ1) is 20.3. The molecule has 2 unspecified atom stereocenters. The van der Waals surface area contributed by atoms with Crippen molar-refractivity contribution in [3.63, 3.8) is 0 Å². The molecule has 0 bridgehead atoms. The molecule has 0 amide bonds. The minimum atomic E-state index is 0.00764. The van der Waals surface area contributed by atoms with Crippen molar-refractivity contribution in [1.82, 2.24) is 0 Å². The van der Waals surface area contributed by atoms with Crippen LogP contribution in [-0.2, 0) is 5.41 Å². The molecule has 0 saturated carbocycles. The molecular formula is C33H27NO. The van der Waals surface area contributed by atoms with Crippen molar-refractivity contribution in [1.29, 1.82) is 0 Å². The summed E-state index contributed by atoms with van der Waals surface area (Å²) in [7, 11) is 0. The second-order valence-electron chi connectivity index (χ2n) is 10.2. The maximum absolute atomic E-state index is 6.12. The van der Waals surface area contributed by atoms with Crippen molar-refractivity contribution in [3.05, 3.63) is 131 Å². The molecular weight excluding hydrogens is 426 g/mol. The van der Waals surface area contributed by atoms with Gasteiger partial charge in [0.2, 0.25) is 0 Å². The first-order chi connectivity index (χ1) is 17.1. The van der Waals surface area contributed by atoms with Crippen molar-refractivity contribution < 1.29 is 4.74 Å². The number of nitrogens with one attached hydrogen (secondary N) is 1. The van der Waals surface area contributed by atoms with E-state index in [4.69, 9.17) is 4.74 Å². The number of allylic oxidation sites excluding steroid dienone is 2. The van der Waals surface area contributed by atoms with Gasteiger partial charge in [0.15, 0.2) is 0 Å². The van der Waals surface area contributed by atoms with Crippen LogP contribution in [0.2, 0.25) is 0 Å². The number of hydrogen-bond acceptors (Lipinski definition) is 2. The number of benzene rings is 4. The molecule has 3 aliphatic rings. The van der Waals surface area contributed by atoms with Gasteiger partial charge in [-0.3, -0.25) is 0 Å². The molecule has 1 N–H and O–H groups in total. The normalized spacial score (nSPS) is 20.2. The lowest BCUT2D eigenvalue weighted by Gasteiger charge is -2.21. The Balaban J connectivity index is 1.19. The lowest BCUT2D eigenvalue weighted by atomic mass is 9.82. The highest BCUT2D eigenvalue weighted by Gasteiger charge is 2.36. The van der Waals surface area contributed by atoms with Gasteiger partial charge >= 0.3 is 0 Å². The van der Waals surface area contributed by atoms with E-state index < -0.39 is 0 Å². The van der Waals surface area contributed by atoms with E-state index in [-0.39, 0.29) is 17.4 Å². The molecule has 4 aromatic carbocycles. The van der Waals surface area contributed by atoms with Crippen LogP contribution in [0.15, 0.2) is 109 Å². The Morgan fingerprint density at radius 2 is 1.54 bits per heavy atom. The van der Waals surface area contributed by atoms with Gasteiger partial charge in [-0.05, 0) is 58.2 Å². The first-order valence-corrected chi connectivity index (χ1v) is 12.4. The van der Waals surface area contributed by atoms with E-state index in [9.17, 15) is 0 Å². The fraction of sp³-hybridized carbons (Fsp3) is 0.152. The molecule has 0 fully saturated rings. The fourth-order valence-electron chi connectivity index (χ4n) is 6.00. The molecule has 0 radical (unpaired) electrons. The van der Waals surface area contributed by atoms with Gasteiger partial charge < -0.3 is 10.1 Å². The molecule has 1 heterocycles. The quantitative estimate of drug-likeness (QED) is 0.337. The van der Waals surface area contributed by atoms with E-state index in [1.54, 1.807) is 0 Å². The van der Waals surface area contributed by atoms with Gasteiger partial charge in [-0.1, -0.05) is 92.7 Å². The molecule has 0 saturated heterocycles. The summed E-state index contributed by atoms with van der Waals surface area (Å²) in [6.45, 7) is 4.64. The van der Waals surface area contributed by atoms with Crippen LogP contribution in [0.3, 0.4) is 0 Å². The molecule has 0 spiro atoms. The van der Waals surface area contributed by atoms with Gasteiger partial charge in [0.25, 0.3) is 0 Å². The van der Waals surface area contributed by atoms with Crippen molar-refractivity contribution >= 4 is 16.9 Å². The van der Waals surface area contributed by atoms with Crippen LogP contribution >= 0.6 is 0 Å². The minimum absolute atomic E-state index is 0.00764. The van der Waals surface area contributed by atoms with E-state index in [1.165, 1.54) is 39.0 Å². The van der Waals surface area contributed by atoms with Gasteiger partial charge in [0, 0.05) is 33.8 Å². The Labute approximate surface area is 206 Å². The summed E-state index contributed by atoms with van der Waals surface area (Å²) in [6.07, 6.45) is 6.84. The van der Waals surface area contributed by atoms with Gasteiger partial charge in [0.05, 0.1) is 0 Å². The number of para-hydroxylation sites is 1. The lowest BCUT2D eigenvalue weighted by Crippen LogP contribution is -2.16. The maximum Gasteiger partial charge on any atom is 0.128 e. The molecule has 2 heteroatoms. The molecule has 4 aromatic rings. The van der Waals surface area contributed by atoms with Crippen molar-refractivity contribution in [2.75, 3.05) is 5.32 Å². The second kappa shape index (κ2) is 7.48. The van der Waals surface area contributed by atoms with Crippen LogP contribution < -0.4 is 10.1 Å². The summed E-state index contributed by atoms with van der Waals surface area (Å²) in [4.78, 5) is 0. The molecule has 1 aliphatic heterocycles. The summed E-state index contributed by atoms with van der Waals surface area (Å²) in [5, 5.41) is 3.71. The van der Waals surface area contributed by atoms with Crippen LogP contribution in [0, 0.1) is 0 Å². The summed E-state index contributed by atoms with van der Waals surface area (Å²) >= 11 is 0. The van der Waals surface area contributed by atoms with E-state index in [0.717, 1.165) is 17.1 Å². The van der Waals surface area contributed by atoms with Crippen molar-refractivity contribution in [2.45, 2.75) is 31.3 Å². The SMILES string of the molecule is CC1(C)c2ccccc2-c2c(Nc3ccc(C4=CC5c6ccccc6OC5C=C4)cc3)cccc21. The van der Waals surface area contributed by atoms with Crippen LogP contribution in [0.5, 0.6) is 5.75 Å². The highest BCUT2D eigenvalue weighted by molar-refractivity contribution is 5.91. The highest BCUT2D eigenvalue weighted by atomic mass is 16.5. The Morgan fingerprint density at radius 1 is 0.771 bits per heavy atom. The summed E-state index contributed by atoms with van der Waals surface area (Å²) < 4.78 is 6.12. The van der Waals surface area contributed by atoms with Gasteiger partial charge in [0.1, 0.15) is 11.9 Å². The smallest absolute Gasteiger partial charge is 0.128 e. The third-order valence-electron chi connectivity index (χ3n) is 7.82. The Hall–Kier alpha value is -4.04. The Morgan fingerprint density at radius 3 is 2.43 bits per heavy atom. The zero-order chi connectivity index (χ0) is 23.6. The largest absolute Gasteiger partial charge is 0.485 e. The van der Waals surface area contributed by atoms with E-state index >= 15 is 0 Å². The molecule has 7 rings (SSSR count). The van der Waals surface area contributed by atoms with Crippen LogP contribution in [-0.4, -0.2) is 6.10 Å². The standard InChI is InChI=1S/C33H27NO/c1-33(2)27-10-5-3-9-25(27)32-28(33)11-7-12-29(32)34-23-17-14-21(15-18-23)22-16-19-31-26(20-22)24-8-4-6-13-30(24)35-31/h3-20,26,31,34H,1-2H3. The van der Waals surface area contributed by atoms with Crippen molar-refractivity contribution in [2.24, 2.45) is 0 Å². The molecule has 2 aliphatic carbocycles. The molecule has 0 aromatic heterocycles. The Bertz CT molecular complexity index is 1520. The summed E-state index contributed by atoms with van der Waals surface area (Å²) in [5.41, 5.74) is 11.4. The predicted octanol–water partition coefficient (Wildman–Crippen LogP) is 8.23. The predicted molar refractivity (Wildman–Crippen MR) is 144 cm³/mol. The number of fused-ring (bicyclic) bond motifs is 6. The second-order valence-corrected chi connectivity index (χ2v) is 10.2. The average molecular weight is 454 g/mol. The fourth-order valence-corrected chi connectivity index (χ4v) is 6.00. The zero-order valence-corrected chi connectivity index (χ0v) is 20.0. The van der Waals surface area contributed by atoms with E-state index in [0.29, 0.717) is 0 Å². The third-order valence-corrected chi connectivity index (χ3v) is 7.82. The molecule has 35 heavy (non-hydrogen) atoms. The first-order valence-electron chi connectivity index (χ1n) is 12.4. The number of hydrogen-bond donors (Lipinski definition) is 1. The zero-order valence-electron chi connectivity index (χ0n) is 20.0. The Kier molecular flexibility index (Phi) is 4.35. The molecule has 2 nitrogen and oxygen atoms in total. The summed E-state index contributed by atoms with van der Waals surface area (Å²) in [6, 6.07) is 32.6. The van der Waals surface area contributed by atoms with Gasteiger partial charge in [-0.25, -0.2) is 0 Å². The molecule has 2 atom stereocenters. The van der Waals surface area contributed by atoms with Crippen molar-refractivity contribution in [3.8, 4) is 16.9 Å². The number of ether oxygens (including phenoxy) is 1. The number of rotatable bonds is 3. The average Bonchev–Trinajstić information content (AvgIpc) is 3.37. The summed E-state index contributed by atoms with van der Waals surface area (Å²) in [5.74, 6) is 1.28. The third kappa shape index (κ3) is 3.10. The lowest BCUT2D eigenvalue weighted by molar-refractivity contribution is 0.269. The van der Waals surface area contributed by atoms with Gasteiger partial charge in [-0.2, -0.15) is 0 Å². The topological polar surface area (TPSA) is 21.3 Å². The van der Waals surface area contributed by atoms with Gasteiger partial charge in [-0.15, -0.1) is 0 Å². The maximum atomic E-state index is 6.12. The number of anilines is 2. The monoisotopic (exact) mass is 453 g/mol. The van der Waals surface area contributed by atoms with Crippen LogP contribution in [0.1, 0.15) is 42.0 Å².